The van der Waals surface area contributed by atoms with Crippen LogP contribution in [0, 0.1) is 11.8 Å². The van der Waals surface area contributed by atoms with Gasteiger partial charge in [0.1, 0.15) is 6.29 Å². The van der Waals surface area contributed by atoms with Crippen molar-refractivity contribution in [2.24, 2.45) is 11.8 Å². The van der Waals surface area contributed by atoms with Crippen molar-refractivity contribution in [2.75, 3.05) is 6.54 Å². The predicted octanol–water partition coefficient (Wildman–Crippen LogP) is 2.46. The third-order valence-electron chi connectivity index (χ3n) is 5.83. The predicted molar refractivity (Wildman–Crippen MR) is 75.1 cm³/mol. The molecule has 1 saturated carbocycles. The van der Waals surface area contributed by atoms with Crippen LogP contribution in [0.15, 0.2) is 24.3 Å². The smallest absolute Gasteiger partial charge is 0.123 e. The van der Waals surface area contributed by atoms with Gasteiger partial charge in [0.25, 0.3) is 0 Å². The fraction of sp³-hybridized carbons (Fsp3) is 0.588. The molecule has 2 bridgehead atoms. The Hall–Kier alpha value is -1.15. The number of nitrogens with one attached hydrogen (secondary N) is 1. The Balaban J connectivity index is 1.86. The molecule has 1 aromatic rings. The molecule has 100 valence electrons. The average molecular weight is 255 g/mol. The third-order valence-corrected chi connectivity index (χ3v) is 5.83. The van der Waals surface area contributed by atoms with Crippen molar-refractivity contribution in [1.29, 1.82) is 0 Å². The summed E-state index contributed by atoms with van der Waals surface area (Å²) in [6.45, 7) is 1.11. The Morgan fingerprint density at radius 2 is 2.16 bits per heavy atom. The van der Waals surface area contributed by atoms with E-state index in [1.54, 1.807) is 5.56 Å². The lowest BCUT2D eigenvalue weighted by Gasteiger charge is -2.56. The Bertz CT molecular complexity index is 512. The molecule has 0 spiro atoms. The highest BCUT2D eigenvalue weighted by Gasteiger charge is 2.53. The first kappa shape index (κ1) is 11.7. The number of hydrogen-bond donors (Lipinski definition) is 1. The maximum absolute atomic E-state index is 11.3. The minimum absolute atomic E-state index is 0.279. The molecule has 1 saturated heterocycles. The Morgan fingerprint density at radius 1 is 1.26 bits per heavy atom. The summed E-state index contributed by atoms with van der Waals surface area (Å²) in [5.41, 5.74) is 3.36. The van der Waals surface area contributed by atoms with Gasteiger partial charge in [0.05, 0.1) is 0 Å². The maximum Gasteiger partial charge on any atom is 0.123 e. The highest BCUT2D eigenvalue weighted by molar-refractivity contribution is 5.55. The minimum Gasteiger partial charge on any atom is -0.313 e. The summed E-state index contributed by atoms with van der Waals surface area (Å²) in [4.78, 5) is 11.3. The summed E-state index contributed by atoms with van der Waals surface area (Å²) in [5, 5.41) is 3.73. The Kier molecular flexibility index (Phi) is 2.56. The normalized spacial score (nSPS) is 40.1. The first-order valence-corrected chi connectivity index (χ1v) is 7.60. The van der Waals surface area contributed by atoms with Gasteiger partial charge in [-0.1, -0.05) is 24.3 Å². The lowest BCUT2D eigenvalue weighted by Crippen LogP contribution is -2.60. The fourth-order valence-corrected chi connectivity index (χ4v) is 5.08. The van der Waals surface area contributed by atoms with Crippen molar-refractivity contribution in [3.05, 3.63) is 35.4 Å². The highest BCUT2D eigenvalue weighted by atomic mass is 16.1. The number of rotatable bonds is 1. The molecule has 1 aromatic carbocycles. The van der Waals surface area contributed by atoms with Crippen LogP contribution >= 0.6 is 0 Å². The zero-order chi connectivity index (χ0) is 12.9. The van der Waals surface area contributed by atoms with Crippen LogP contribution in [0.1, 0.15) is 36.8 Å². The van der Waals surface area contributed by atoms with Crippen LogP contribution in [0.5, 0.6) is 0 Å². The van der Waals surface area contributed by atoms with Gasteiger partial charge in [-0.15, -0.1) is 0 Å². The summed E-state index contributed by atoms with van der Waals surface area (Å²) in [6, 6.07) is 9.59. The van der Waals surface area contributed by atoms with Crippen molar-refractivity contribution in [3.63, 3.8) is 0 Å². The molecule has 4 atom stereocenters. The topological polar surface area (TPSA) is 29.1 Å². The van der Waals surface area contributed by atoms with Gasteiger partial charge in [-0.2, -0.15) is 0 Å². The molecule has 2 heteroatoms. The van der Waals surface area contributed by atoms with Crippen LogP contribution in [0.3, 0.4) is 0 Å². The second-order valence-corrected chi connectivity index (χ2v) is 6.61. The number of fused-ring (bicyclic) bond motifs is 1. The summed E-state index contributed by atoms with van der Waals surface area (Å²) in [5.74, 6) is 1.02. The van der Waals surface area contributed by atoms with E-state index in [4.69, 9.17) is 0 Å². The number of carbonyl (C=O) groups is 1. The third kappa shape index (κ3) is 1.56. The van der Waals surface area contributed by atoms with Gasteiger partial charge < -0.3 is 10.1 Å². The Labute approximate surface area is 114 Å². The Morgan fingerprint density at radius 3 is 3.05 bits per heavy atom. The van der Waals surface area contributed by atoms with Crippen molar-refractivity contribution in [2.45, 2.75) is 43.6 Å². The standard InChI is InChI=1S/C17H21NO/c19-11-12-5-6-15-16-9-13-3-1-2-4-14(13)17(15,10-12)7-8-18-16/h1-4,11-12,15-16,18H,5-10H2/t12?,15-,16+,17+/m0/s1. The van der Waals surface area contributed by atoms with E-state index in [0.717, 1.165) is 25.3 Å². The molecule has 1 heterocycles. The molecule has 0 radical (unpaired) electrons. The van der Waals surface area contributed by atoms with Gasteiger partial charge in [-0.25, -0.2) is 0 Å². The molecule has 19 heavy (non-hydrogen) atoms. The summed E-state index contributed by atoms with van der Waals surface area (Å²) >= 11 is 0. The molecule has 2 fully saturated rings. The molecule has 0 aromatic heterocycles. The maximum atomic E-state index is 11.3. The van der Waals surface area contributed by atoms with Gasteiger partial charge in [0.2, 0.25) is 0 Å². The van der Waals surface area contributed by atoms with Crippen LogP contribution in [-0.4, -0.2) is 18.9 Å². The van der Waals surface area contributed by atoms with Crippen LogP contribution in [0.25, 0.3) is 0 Å². The average Bonchev–Trinajstić information content (AvgIpc) is 2.46. The molecule has 2 nitrogen and oxygen atoms in total. The first-order valence-electron chi connectivity index (χ1n) is 7.60. The number of aldehydes is 1. The van der Waals surface area contributed by atoms with Crippen LogP contribution in [0.4, 0.5) is 0 Å². The van der Waals surface area contributed by atoms with E-state index >= 15 is 0 Å². The van der Waals surface area contributed by atoms with Crippen LogP contribution < -0.4 is 5.32 Å². The van der Waals surface area contributed by atoms with Gasteiger partial charge in [-0.05, 0) is 55.7 Å². The second-order valence-electron chi connectivity index (χ2n) is 6.61. The number of hydrogen-bond acceptors (Lipinski definition) is 2. The van der Waals surface area contributed by atoms with E-state index in [9.17, 15) is 4.79 Å². The number of benzene rings is 1. The van der Waals surface area contributed by atoms with E-state index in [-0.39, 0.29) is 11.3 Å². The molecule has 3 aliphatic rings. The lowest BCUT2D eigenvalue weighted by molar-refractivity contribution is -0.113. The van der Waals surface area contributed by atoms with Crippen molar-refractivity contribution < 1.29 is 4.79 Å². The molecular formula is C17H21NO. The summed E-state index contributed by atoms with van der Waals surface area (Å²) in [6.07, 6.45) is 6.98. The van der Waals surface area contributed by atoms with Gasteiger partial charge in [-0.3, -0.25) is 0 Å². The largest absolute Gasteiger partial charge is 0.313 e. The molecular weight excluding hydrogens is 234 g/mol. The molecule has 1 unspecified atom stereocenters. The highest BCUT2D eigenvalue weighted by Crippen LogP contribution is 2.54. The zero-order valence-corrected chi connectivity index (χ0v) is 11.3. The monoisotopic (exact) mass is 255 g/mol. The molecule has 1 aliphatic heterocycles. The van der Waals surface area contributed by atoms with E-state index < -0.39 is 0 Å². The van der Waals surface area contributed by atoms with E-state index in [2.05, 4.69) is 29.6 Å². The van der Waals surface area contributed by atoms with Crippen LogP contribution in [0.2, 0.25) is 0 Å². The second kappa shape index (κ2) is 4.17. The van der Waals surface area contributed by atoms with E-state index in [1.807, 2.05) is 0 Å². The van der Waals surface area contributed by atoms with Crippen molar-refractivity contribution >= 4 is 6.29 Å². The number of carbonyl (C=O) groups excluding carboxylic acids is 1. The summed E-state index contributed by atoms with van der Waals surface area (Å²) in [7, 11) is 0. The van der Waals surface area contributed by atoms with Crippen molar-refractivity contribution in [3.8, 4) is 0 Å². The van der Waals surface area contributed by atoms with Gasteiger partial charge in [0.15, 0.2) is 0 Å². The SMILES string of the molecule is O=CC1CC[C@H]2[C@H]3Cc4ccccc4[C@@]2(CCN3)C1. The number of piperidine rings is 1. The van der Waals surface area contributed by atoms with Gasteiger partial charge >= 0.3 is 0 Å². The van der Waals surface area contributed by atoms with E-state index in [1.165, 1.54) is 31.1 Å². The zero-order valence-electron chi connectivity index (χ0n) is 11.3. The quantitative estimate of drug-likeness (QED) is 0.781. The molecule has 0 amide bonds. The fourth-order valence-electron chi connectivity index (χ4n) is 5.08. The first-order chi connectivity index (χ1) is 9.33. The lowest BCUT2D eigenvalue weighted by atomic mass is 9.51. The molecule has 4 rings (SSSR count). The molecule has 1 N–H and O–H groups in total. The van der Waals surface area contributed by atoms with Gasteiger partial charge in [0, 0.05) is 17.4 Å². The minimum atomic E-state index is 0.279. The summed E-state index contributed by atoms with van der Waals surface area (Å²) < 4.78 is 0. The molecule has 2 aliphatic carbocycles. The van der Waals surface area contributed by atoms with Crippen LogP contribution in [-0.2, 0) is 16.6 Å². The van der Waals surface area contributed by atoms with E-state index in [0.29, 0.717) is 6.04 Å². The van der Waals surface area contributed by atoms with Crippen molar-refractivity contribution in [1.82, 2.24) is 5.32 Å².